The average Bonchev–Trinajstić information content (AvgIpc) is 3.00. The molecule has 0 saturated heterocycles. The van der Waals surface area contributed by atoms with Gasteiger partial charge in [-0.15, -0.1) is 0 Å². The predicted octanol–water partition coefficient (Wildman–Crippen LogP) is 2.90. The second-order valence-electron chi connectivity index (χ2n) is 6.12. The van der Waals surface area contributed by atoms with Gasteiger partial charge in [0.1, 0.15) is 5.75 Å². The van der Waals surface area contributed by atoms with Crippen molar-refractivity contribution in [1.29, 1.82) is 0 Å². The first-order valence-electron chi connectivity index (χ1n) is 6.45. The molecule has 0 unspecified atom stereocenters. The van der Waals surface area contributed by atoms with Gasteiger partial charge in [0.15, 0.2) is 0 Å². The molecular weight excluding hydrogens is 262 g/mol. The number of ether oxygens (including phenoxy) is 1. The van der Waals surface area contributed by atoms with E-state index < -0.39 is 10.0 Å². The largest absolute Gasteiger partial charge is 0.488 e. The quantitative estimate of drug-likeness (QED) is 0.924. The Morgan fingerprint density at radius 3 is 2.37 bits per heavy atom. The van der Waals surface area contributed by atoms with Crippen molar-refractivity contribution < 1.29 is 13.2 Å². The van der Waals surface area contributed by atoms with Crippen molar-refractivity contribution in [2.45, 2.75) is 45.1 Å². The van der Waals surface area contributed by atoms with Crippen LogP contribution in [-0.2, 0) is 15.4 Å². The molecule has 0 aromatic heterocycles. The Morgan fingerprint density at radius 2 is 1.89 bits per heavy atom. The van der Waals surface area contributed by atoms with E-state index in [0.717, 1.165) is 24.7 Å². The van der Waals surface area contributed by atoms with Gasteiger partial charge in [-0.1, -0.05) is 32.9 Å². The van der Waals surface area contributed by atoms with Gasteiger partial charge in [-0.25, -0.2) is 8.42 Å². The maximum Gasteiger partial charge on any atom is 0.229 e. The fourth-order valence-electron chi connectivity index (χ4n) is 1.89. The van der Waals surface area contributed by atoms with Crippen LogP contribution in [0.3, 0.4) is 0 Å². The minimum Gasteiger partial charge on any atom is -0.488 e. The van der Waals surface area contributed by atoms with Crippen LogP contribution in [0.5, 0.6) is 5.75 Å². The van der Waals surface area contributed by atoms with Gasteiger partial charge in [-0.3, -0.25) is 4.72 Å². The standard InChI is InChI=1S/C14H21NO3S/c1-14(2,3)11-6-5-7-12(15-19(4,16)17)13(11)18-10-8-9-10/h5-7,10,15H,8-9H2,1-4H3. The summed E-state index contributed by atoms with van der Waals surface area (Å²) in [6.07, 6.45) is 3.45. The Morgan fingerprint density at radius 1 is 1.26 bits per heavy atom. The molecule has 0 spiro atoms. The molecular formula is C14H21NO3S. The van der Waals surface area contributed by atoms with Crippen LogP contribution in [0, 0.1) is 0 Å². The third-order valence-electron chi connectivity index (χ3n) is 2.93. The number of rotatable bonds is 4. The van der Waals surface area contributed by atoms with Crippen molar-refractivity contribution in [1.82, 2.24) is 0 Å². The summed E-state index contributed by atoms with van der Waals surface area (Å²) in [6.45, 7) is 6.27. The summed E-state index contributed by atoms with van der Waals surface area (Å²) in [7, 11) is -3.31. The lowest BCUT2D eigenvalue weighted by Crippen LogP contribution is -2.17. The molecule has 1 aliphatic rings. The van der Waals surface area contributed by atoms with Gasteiger partial charge in [-0.05, 0) is 24.3 Å². The summed E-state index contributed by atoms with van der Waals surface area (Å²) < 4.78 is 31.4. The van der Waals surface area contributed by atoms with E-state index in [1.807, 2.05) is 12.1 Å². The maximum absolute atomic E-state index is 11.4. The zero-order valence-corrected chi connectivity index (χ0v) is 12.7. The molecule has 1 saturated carbocycles. The van der Waals surface area contributed by atoms with Gasteiger partial charge in [-0.2, -0.15) is 0 Å². The Kier molecular flexibility index (Phi) is 3.51. The number of hydrogen-bond donors (Lipinski definition) is 1. The summed E-state index contributed by atoms with van der Waals surface area (Å²) in [5, 5.41) is 0. The third kappa shape index (κ3) is 3.86. The van der Waals surface area contributed by atoms with Gasteiger partial charge in [0.05, 0.1) is 18.0 Å². The third-order valence-corrected chi connectivity index (χ3v) is 3.52. The average molecular weight is 283 g/mol. The molecule has 19 heavy (non-hydrogen) atoms. The van der Waals surface area contributed by atoms with Crippen molar-refractivity contribution >= 4 is 15.7 Å². The summed E-state index contributed by atoms with van der Waals surface area (Å²) in [5.41, 5.74) is 1.45. The molecule has 1 aliphatic carbocycles. The van der Waals surface area contributed by atoms with Gasteiger partial charge >= 0.3 is 0 Å². The fraction of sp³-hybridized carbons (Fsp3) is 0.571. The first-order chi connectivity index (χ1) is 8.67. The van der Waals surface area contributed by atoms with Gasteiger partial charge in [0, 0.05) is 5.56 Å². The van der Waals surface area contributed by atoms with Crippen LogP contribution in [0.15, 0.2) is 18.2 Å². The smallest absolute Gasteiger partial charge is 0.229 e. The second-order valence-corrected chi connectivity index (χ2v) is 7.87. The van der Waals surface area contributed by atoms with Crippen LogP contribution in [0.1, 0.15) is 39.2 Å². The molecule has 5 heteroatoms. The maximum atomic E-state index is 11.4. The van der Waals surface area contributed by atoms with E-state index in [2.05, 4.69) is 25.5 Å². The lowest BCUT2D eigenvalue weighted by molar-refractivity contribution is 0.296. The number of para-hydroxylation sites is 1. The van der Waals surface area contributed by atoms with Crippen LogP contribution < -0.4 is 9.46 Å². The van der Waals surface area contributed by atoms with Crippen molar-refractivity contribution in [2.75, 3.05) is 11.0 Å². The highest BCUT2D eigenvalue weighted by Gasteiger charge is 2.29. The van der Waals surface area contributed by atoms with Crippen LogP contribution in [-0.4, -0.2) is 20.8 Å². The van der Waals surface area contributed by atoms with Gasteiger partial charge < -0.3 is 4.74 Å². The monoisotopic (exact) mass is 283 g/mol. The topological polar surface area (TPSA) is 55.4 Å². The molecule has 1 N–H and O–H groups in total. The molecule has 0 atom stereocenters. The SMILES string of the molecule is CC(C)(C)c1cccc(NS(C)(=O)=O)c1OC1CC1. The van der Waals surface area contributed by atoms with E-state index >= 15 is 0 Å². The summed E-state index contributed by atoms with van der Waals surface area (Å²) in [5.74, 6) is 0.669. The number of benzene rings is 1. The van der Waals surface area contributed by atoms with Gasteiger partial charge in [0.2, 0.25) is 10.0 Å². The molecule has 0 amide bonds. The predicted molar refractivity (Wildman–Crippen MR) is 77.3 cm³/mol. The van der Waals surface area contributed by atoms with E-state index in [9.17, 15) is 8.42 Å². The molecule has 1 aromatic rings. The number of anilines is 1. The Balaban J connectivity index is 2.46. The van der Waals surface area contributed by atoms with Crippen LogP contribution in [0.4, 0.5) is 5.69 Å². The van der Waals surface area contributed by atoms with Crippen LogP contribution in [0.25, 0.3) is 0 Å². The van der Waals surface area contributed by atoms with Crippen LogP contribution >= 0.6 is 0 Å². The van der Waals surface area contributed by atoms with Crippen LogP contribution in [0.2, 0.25) is 0 Å². The Bertz CT molecular complexity index is 569. The van der Waals surface area contributed by atoms with E-state index in [0.29, 0.717) is 11.4 Å². The second kappa shape index (κ2) is 4.71. The van der Waals surface area contributed by atoms with E-state index in [-0.39, 0.29) is 11.5 Å². The van der Waals surface area contributed by atoms with Crippen molar-refractivity contribution in [2.24, 2.45) is 0 Å². The number of sulfonamides is 1. The number of hydrogen-bond acceptors (Lipinski definition) is 3. The van der Waals surface area contributed by atoms with Crippen molar-refractivity contribution in [3.63, 3.8) is 0 Å². The zero-order valence-electron chi connectivity index (χ0n) is 11.9. The fourth-order valence-corrected chi connectivity index (χ4v) is 2.45. The van der Waals surface area contributed by atoms with Crippen molar-refractivity contribution in [3.8, 4) is 5.75 Å². The highest BCUT2D eigenvalue weighted by atomic mass is 32.2. The van der Waals surface area contributed by atoms with E-state index in [4.69, 9.17) is 4.74 Å². The molecule has 0 heterocycles. The summed E-state index contributed by atoms with van der Waals surface area (Å²) in [6, 6.07) is 5.59. The molecule has 1 fully saturated rings. The molecule has 2 rings (SSSR count). The molecule has 4 nitrogen and oxygen atoms in total. The molecule has 0 bridgehead atoms. The summed E-state index contributed by atoms with van der Waals surface area (Å²) in [4.78, 5) is 0. The normalized spacial score (nSPS) is 16.2. The molecule has 0 aliphatic heterocycles. The van der Waals surface area contributed by atoms with E-state index in [1.165, 1.54) is 0 Å². The van der Waals surface area contributed by atoms with Crippen molar-refractivity contribution in [3.05, 3.63) is 23.8 Å². The lowest BCUT2D eigenvalue weighted by Gasteiger charge is -2.25. The highest BCUT2D eigenvalue weighted by molar-refractivity contribution is 7.92. The van der Waals surface area contributed by atoms with Gasteiger partial charge in [0.25, 0.3) is 0 Å². The molecule has 1 aromatic carbocycles. The number of nitrogens with one attached hydrogen (secondary N) is 1. The lowest BCUT2D eigenvalue weighted by atomic mass is 9.86. The first kappa shape index (κ1) is 14.2. The highest BCUT2D eigenvalue weighted by Crippen LogP contribution is 2.40. The Hall–Kier alpha value is -1.23. The summed E-state index contributed by atoms with van der Waals surface area (Å²) >= 11 is 0. The van der Waals surface area contributed by atoms with E-state index in [1.54, 1.807) is 6.07 Å². The molecule has 0 radical (unpaired) electrons. The first-order valence-corrected chi connectivity index (χ1v) is 8.34. The molecule has 106 valence electrons. The minimum atomic E-state index is -3.31. The minimum absolute atomic E-state index is 0.0978. The zero-order chi connectivity index (χ0) is 14.3. The Labute approximate surface area is 115 Å².